The highest BCUT2D eigenvalue weighted by atomic mass is 16.5. The number of hydrogen-bond donors (Lipinski definition) is 1. The average molecular weight is 194 g/mol. The van der Waals surface area contributed by atoms with E-state index in [0.29, 0.717) is 18.3 Å². The molecule has 0 aliphatic rings. The topological polar surface area (TPSA) is 91.7 Å². The molecule has 1 N–H and O–H groups in total. The Labute approximate surface area is 80.9 Å². The molecule has 0 fully saturated rings. The van der Waals surface area contributed by atoms with Gasteiger partial charge in [0.05, 0.1) is 19.1 Å². The lowest BCUT2D eigenvalue weighted by molar-refractivity contribution is -0.142. The number of nitrogens with zero attached hydrogens (tertiary/aromatic N) is 3. The lowest BCUT2D eigenvalue weighted by Crippen LogP contribution is -2.08. The van der Waals surface area contributed by atoms with Gasteiger partial charge in [-0.2, -0.15) is 10.4 Å². The van der Waals surface area contributed by atoms with Crippen LogP contribution in [0.5, 0.6) is 0 Å². The van der Waals surface area contributed by atoms with E-state index in [2.05, 4.69) is 15.2 Å². The summed E-state index contributed by atoms with van der Waals surface area (Å²) in [6, 6.07) is 1.91. The van der Waals surface area contributed by atoms with Crippen LogP contribution in [0.3, 0.4) is 0 Å². The molecule has 0 aliphatic heterocycles. The van der Waals surface area contributed by atoms with E-state index in [0.717, 1.165) is 0 Å². The normalized spacial score (nSPS) is 9.43. The zero-order chi connectivity index (χ0) is 10.4. The first kappa shape index (κ1) is 10.2. The van der Waals surface area contributed by atoms with Crippen LogP contribution >= 0.6 is 0 Å². The highest BCUT2D eigenvalue weighted by Gasteiger charge is 2.08. The highest BCUT2D eigenvalue weighted by molar-refractivity contribution is 5.71. The molecule has 0 bridgehead atoms. The van der Waals surface area contributed by atoms with Gasteiger partial charge in [-0.15, -0.1) is 0 Å². The number of H-pyrrole nitrogens is 1. The van der Waals surface area contributed by atoms with Crippen molar-refractivity contribution >= 4 is 5.97 Å². The fourth-order valence-corrected chi connectivity index (χ4v) is 0.912. The molecule has 6 heteroatoms. The van der Waals surface area contributed by atoms with Crippen molar-refractivity contribution < 1.29 is 9.53 Å². The molecule has 0 amide bonds. The first-order valence-electron chi connectivity index (χ1n) is 4.19. The summed E-state index contributed by atoms with van der Waals surface area (Å²) in [5, 5.41) is 14.7. The van der Waals surface area contributed by atoms with Crippen molar-refractivity contribution in [2.24, 2.45) is 0 Å². The third-order valence-corrected chi connectivity index (χ3v) is 1.43. The van der Waals surface area contributed by atoms with Gasteiger partial charge < -0.3 is 4.74 Å². The summed E-state index contributed by atoms with van der Waals surface area (Å²) in [7, 11) is 0. The van der Waals surface area contributed by atoms with Crippen LogP contribution in [0, 0.1) is 11.3 Å². The largest absolute Gasteiger partial charge is 0.466 e. The molecule has 74 valence electrons. The minimum Gasteiger partial charge on any atom is -0.466 e. The van der Waals surface area contributed by atoms with Gasteiger partial charge in [0.2, 0.25) is 0 Å². The molecule has 0 atom stereocenters. The number of carbonyl (C=O) groups excluding carboxylic acids is 1. The predicted octanol–water partition coefficient (Wildman–Crippen LogP) is -0.0236. The van der Waals surface area contributed by atoms with Crippen molar-refractivity contribution in [3.8, 4) is 6.07 Å². The van der Waals surface area contributed by atoms with Crippen molar-refractivity contribution in [3.63, 3.8) is 0 Å². The van der Waals surface area contributed by atoms with Crippen molar-refractivity contribution in [3.05, 3.63) is 11.6 Å². The van der Waals surface area contributed by atoms with E-state index < -0.39 is 0 Å². The quantitative estimate of drug-likeness (QED) is 0.680. The van der Waals surface area contributed by atoms with Gasteiger partial charge in [0.1, 0.15) is 12.2 Å². The van der Waals surface area contributed by atoms with Crippen LogP contribution < -0.4 is 0 Å². The number of nitriles is 1. The SMILES string of the molecule is CCOC(=O)Cc1nc(CC#N)n[nH]1. The van der Waals surface area contributed by atoms with Crippen LogP contribution in [0.2, 0.25) is 0 Å². The van der Waals surface area contributed by atoms with Gasteiger partial charge in [-0.3, -0.25) is 9.89 Å². The molecular weight excluding hydrogens is 184 g/mol. The number of ether oxygens (including phenoxy) is 1. The van der Waals surface area contributed by atoms with E-state index in [1.807, 2.05) is 6.07 Å². The molecule has 0 radical (unpaired) electrons. The van der Waals surface area contributed by atoms with Gasteiger partial charge in [-0.05, 0) is 6.92 Å². The second kappa shape index (κ2) is 4.97. The van der Waals surface area contributed by atoms with Crippen molar-refractivity contribution in [1.29, 1.82) is 5.26 Å². The van der Waals surface area contributed by atoms with Crippen LogP contribution in [-0.4, -0.2) is 27.8 Å². The summed E-state index contributed by atoms with van der Waals surface area (Å²) in [6.07, 6.45) is 0.200. The number of nitrogens with one attached hydrogen (secondary N) is 1. The first-order valence-corrected chi connectivity index (χ1v) is 4.19. The standard InChI is InChI=1S/C8H10N4O2/c1-2-14-8(13)5-7-10-6(3-4-9)11-12-7/h2-3,5H2,1H3,(H,10,11,12). The molecule has 0 spiro atoms. The van der Waals surface area contributed by atoms with Gasteiger partial charge in [0.25, 0.3) is 0 Å². The van der Waals surface area contributed by atoms with Crippen LogP contribution in [0.4, 0.5) is 0 Å². The zero-order valence-electron chi connectivity index (χ0n) is 7.78. The predicted molar refractivity (Wildman–Crippen MR) is 46.0 cm³/mol. The lowest BCUT2D eigenvalue weighted by Gasteiger charge is -1.97. The van der Waals surface area contributed by atoms with Gasteiger partial charge in [-0.1, -0.05) is 0 Å². The summed E-state index contributed by atoms with van der Waals surface area (Å²) < 4.78 is 4.72. The Morgan fingerprint density at radius 3 is 3.14 bits per heavy atom. The smallest absolute Gasteiger partial charge is 0.313 e. The fourth-order valence-electron chi connectivity index (χ4n) is 0.912. The fraction of sp³-hybridized carbons (Fsp3) is 0.500. The average Bonchev–Trinajstić information content (AvgIpc) is 2.53. The number of aromatic nitrogens is 3. The maximum Gasteiger partial charge on any atom is 0.313 e. The third kappa shape index (κ3) is 2.86. The summed E-state index contributed by atoms with van der Waals surface area (Å²) in [6.45, 7) is 2.08. The van der Waals surface area contributed by atoms with Crippen molar-refractivity contribution in [2.45, 2.75) is 19.8 Å². The summed E-state index contributed by atoms with van der Waals surface area (Å²) >= 11 is 0. The number of hydrogen-bond acceptors (Lipinski definition) is 5. The van der Waals surface area contributed by atoms with Gasteiger partial charge in [-0.25, -0.2) is 4.98 Å². The Hall–Kier alpha value is -1.90. The lowest BCUT2D eigenvalue weighted by atomic mass is 10.4. The molecule has 0 aliphatic carbocycles. The molecule has 0 saturated heterocycles. The van der Waals surface area contributed by atoms with Crippen molar-refractivity contribution in [2.75, 3.05) is 6.61 Å². The number of carbonyl (C=O) groups is 1. The first-order chi connectivity index (χ1) is 6.76. The van der Waals surface area contributed by atoms with E-state index in [-0.39, 0.29) is 18.8 Å². The van der Waals surface area contributed by atoms with Gasteiger partial charge in [0.15, 0.2) is 5.82 Å². The zero-order valence-corrected chi connectivity index (χ0v) is 7.78. The van der Waals surface area contributed by atoms with Crippen LogP contribution in [0.1, 0.15) is 18.6 Å². The Morgan fingerprint density at radius 2 is 2.50 bits per heavy atom. The maximum absolute atomic E-state index is 11.0. The molecule has 1 aromatic heterocycles. The molecule has 6 nitrogen and oxygen atoms in total. The van der Waals surface area contributed by atoms with E-state index in [1.54, 1.807) is 6.92 Å². The van der Waals surface area contributed by atoms with Gasteiger partial charge >= 0.3 is 5.97 Å². The Morgan fingerprint density at radius 1 is 1.71 bits per heavy atom. The second-order valence-electron chi connectivity index (χ2n) is 2.52. The van der Waals surface area contributed by atoms with E-state index in [1.165, 1.54) is 0 Å². The molecule has 14 heavy (non-hydrogen) atoms. The van der Waals surface area contributed by atoms with Crippen LogP contribution in [0.15, 0.2) is 0 Å². The van der Waals surface area contributed by atoms with E-state index >= 15 is 0 Å². The molecule has 0 aromatic carbocycles. The number of aromatic amines is 1. The number of rotatable bonds is 4. The van der Waals surface area contributed by atoms with Crippen LogP contribution in [0.25, 0.3) is 0 Å². The maximum atomic E-state index is 11.0. The molecule has 0 unspecified atom stereocenters. The summed E-state index contributed by atoms with van der Waals surface area (Å²) in [5.74, 6) is 0.465. The molecule has 1 aromatic rings. The second-order valence-corrected chi connectivity index (χ2v) is 2.52. The Bertz CT molecular complexity index is 352. The van der Waals surface area contributed by atoms with Gasteiger partial charge in [0, 0.05) is 0 Å². The Balaban J connectivity index is 2.51. The summed E-state index contributed by atoms with van der Waals surface area (Å²) in [5.41, 5.74) is 0. The minimum atomic E-state index is -0.354. The summed E-state index contributed by atoms with van der Waals surface area (Å²) in [4.78, 5) is 14.9. The van der Waals surface area contributed by atoms with E-state index in [9.17, 15) is 4.79 Å². The Kier molecular flexibility index (Phi) is 3.61. The van der Waals surface area contributed by atoms with E-state index in [4.69, 9.17) is 10.00 Å². The van der Waals surface area contributed by atoms with Crippen LogP contribution in [-0.2, 0) is 22.4 Å². The highest BCUT2D eigenvalue weighted by Crippen LogP contribution is 1.96. The molecule has 0 saturated carbocycles. The number of esters is 1. The monoisotopic (exact) mass is 194 g/mol. The minimum absolute atomic E-state index is 0.0618. The third-order valence-electron chi connectivity index (χ3n) is 1.43. The molecule has 1 rings (SSSR count). The molecule has 1 heterocycles. The van der Waals surface area contributed by atoms with Crippen molar-refractivity contribution in [1.82, 2.24) is 15.2 Å². The molecular formula is C8H10N4O2.